The Morgan fingerprint density at radius 3 is 2.80 bits per heavy atom. The molecule has 3 N–H and O–H groups in total. The van der Waals surface area contributed by atoms with Crippen molar-refractivity contribution in [2.75, 3.05) is 6.54 Å². The van der Waals surface area contributed by atoms with E-state index in [0.717, 1.165) is 47.5 Å². The van der Waals surface area contributed by atoms with E-state index < -0.39 is 0 Å². The number of halogens is 1. The highest BCUT2D eigenvalue weighted by atomic mass is 79.9. The van der Waals surface area contributed by atoms with Crippen LogP contribution in [0.15, 0.2) is 45.5 Å². The van der Waals surface area contributed by atoms with Crippen LogP contribution in [0.25, 0.3) is 5.70 Å². The summed E-state index contributed by atoms with van der Waals surface area (Å²) in [4.78, 5) is 7.63. The molecule has 1 aliphatic carbocycles. The summed E-state index contributed by atoms with van der Waals surface area (Å²) in [5.41, 5.74) is 12.1. The first-order chi connectivity index (χ1) is 12.1. The van der Waals surface area contributed by atoms with Crippen molar-refractivity contribution in [1.29, 1.82) is 0 Å². The third-order valence-corrected chi connectivity index (χ3v) is 6.63. The minimum absolute atomic E-state index is 0.373. The molecule has 1 aromatic carbocycles. The van der Waals surface area contributed by atoms with Crippen molar-refractivity contribution in [3.63, 3.8) is 0 Å². The molecule has 0 amide bonds. The van der Waals surface area contributed by atoms with Crippen LogP contribution in [0.2, 0.25) is 0 Å². The normalized spacial score (nSPS) is 30.9. The third-order valence-electron chi connectivity index (χ3n) is 6.14. The van der Waals surface area contributed by atoms with E-state index in [-0.39, 0.29) is 0 Å². The first-order valence-corrected chi connectivity index (χ1v) is 9.95. The third kappa shape index (κ3) is 2.60. The van der Waals surface area contributed by atoms with Gasteiger partial charge in [-0.05, 0) is 43.4 Å². The van der Waals surface area contributed by atoms with Gasteiger partial charge in [0.1, 0.15) is 5.84 Å². The molecular weight excluding hydrogens is 376 g/mol. The van der Waals surface area contributed by atoms with Crippen LogP contribution >= 0.6 is 15.9 Å². The van der Waals surface area contributed by atoms with Gasteiger partial charge >= 0.3 is 0 Å². The minimum Gasteiger partial charge on any atom is -0.343 e. The number of piperidine rings is 1. The van der Waals surface area contributed by atoms with Crippen LogP contribution in [-0.2, 0) is 6.42 Å². The fourth-order valence-electron chi connectivity index (χ4n) is 4.97. The standard InChI is InChI=1S/C20H23BrN4/c1-11-17-6-12-2-3-13(21)7-18(12)20(17)24-19(23-11)10-25-15-4-5-16(25)9-14(22)8-15/h2-3,7,14-16H,1,4-6,8-10,22H2,(H,23,24)/t14?,15-,16?/m0/s1. The number of amidine groups is 1. The van der Waals surface area contributed by atoms with Crippen molar-refractivity contribution >= 4 is 27.5 Å². The molecule has 0 aromatic heterocycles. The number of nitrogens with zero attached hydrogens (tertiary/aromatic N) is 2. The first kappa shape index (κ1) is 15.8. The molecule has 1 aromatic rings. The largest absolute Gasteiger partial charge is 0.343 e. The number of benzene rings is 1. The van der Waals surface area contributed by atoms with E-state index >= 15 is 0 Å². The summed E-state index contributed by atoms with van der Waals surface area (Å²) in [6.45, 7) is 5.15. The highest BCUT2D eigenvalue weighted by Crippen LogP contribution is 2.40. The average molecular weight is 399 g/mol. The Bertz CT molecular complexity index is 811. The maximum atomic E-state index is 6.21. The number of fused-ring (bicyclic) bond motifs is 4. The Morgan fingerprint density at radius 2 is 2.04 bits per heavy atom. The molecule has 25 heavy (non-hydrogen) atoms. The molecule has 0 spiro atoms. The highest BCUT2D eigenvalue weighted by molar-refractivity contribution is 9.10. The van der Waals surface area contributed by atoms with Gasteiger partial charge in [0.05, 0.1) is 12.2 Å². The van der Waals surface area contributed by atoms with E-state index in [4.69, 9.17) is 10.7 Å². The lowest BCUT2D eigenvalue weighted by Gasteiger charge is -2.38. The number of nitrogens with one attached hydrogen (secondary N) is 1. The summed E-state index contributed by atoms with van der Waals surface area (Å²) in [5, 5.41) is 3.48. The Balaban J connectivity index is 1.44. The first-order valence-electron chi connectivity index (χ1n) is 9.15. The minimum atomic E-state index is 0.373. The Labute approximate surface area is 157 Å². The molecule has 2 saturated heterocycles. The predicted octanol–water partition coefficient (Wildman–Crippen LogP) is 3.19. The molecular formula is C20H23BrN4. The smallest absolute Gasteiger partial charge is 0.121 e. The van der Waals surface area contributed by atoms with Gasteiger partial charge in [0.25, 0.3) is 0 Å². The lowest BCUT2D eigenvalue weighted by molar-refractivity contribution is 0.148. The van der Waals surface area contributed by atoms with Crippen molar-refractivity contribution in [2.45, 2.75) is 50.2 Å². The number of rotatable bonds is 2. The predicted molar refractivity (Wildman–Crippen MR) is 105 cm³/mol. The second-order valence-electron chi connectivity index (χ2n) is 7.76. The maximum absolute atomic E-state index is 6.21. The van der Waals surface area contributed by atoms with Gasteiger partial charge in [-0.1, -0.05) is 28.6 Å². The lowest BCUT2D eigenvalue weighted by atomic mass is 9.98. The van der Waals surface area contributed by atoms with Gasteiger partial charge < -0.3 is 11.1 Å². The summed E-state index contributed by atoms with van der Waals surface area (Å²) in [6, 6.07) is 8.08. The zero-order valence-corrected chi connectivity index (χ0v) is 15.8. The van der Waals surface area contributed by atoms with E-state index in [9.17, 15) is 0 Å². The Morgan fingerprint density at radius 1 is 1.28 bits per heavy atom. The summed E-state index contributed by atoms with van der Waals surface area (Å²) in [5.74, 6) is 1.03. The van der Waals surface area contributed by atoms with Gasteiger partial charge in [-0.3, -0.25) is 4.90 Å². The number of nitrogens with two attached hydrogens (primary N) is 1. The second kappa shape index (κ2) is 5.79. The molecule has 2 fully saturated rings. The van der Waals surface area contributed by atoms with Crippen molar-refractivity contribution in [1.82, 2.24) is 10.2 Å². The number of allylic oxidation sites excluding steroid dienone is 1. The summed E-state index contributed by atoms with van der Waals surface area (Å²) in [7, 11) is 0. The average Bonchev–Trinajstić information content (AvgIpc) is 3.03. The Hall–Kier alpha value is -1.43. The van der Waals surface area contributed by atoms with Crippen LogP contribution in [0.1, 0.15) is 36.8 Å². The Kier molecular flexibility index (Phi) is 3.66. The van der Waals surface area contributed by atoms with Gasteiger partial charge in [0.15, 0.2) is 0 Å². The van der Waals surface area contributed by atoms with Gasteiger partial charge in [-0.25, -0.2) is 4.99 Å². The van der Waals surface area contributed by atoms with E-state index in [1.807, 2.05) is 0 Å². The maximum Gasteiger partial charge on any atom is 0.121 e. The van der Waals surface area contributed by atoms with Gasteiger partial charge in [-0.15, -0.1) is 0 Å². The lowest BCUT2D eigenvalue weighted by Crippen LogP contribution is -2.51. The van der Waals surface area contributed by atoms with Crippen molar-refractivity contribution < 1.29 is 0 Å². The molecule has 3 atom stereocenters. The van der Waals surface area contributed by atoms with E-state index in [1.165, 1.54) is 29.5 Å². The molecule has 0 radical (unpaired) electrons. The second-order valence-corrected chi connectivity index (χ2v) is 8.67. The van der Waals surface area contributed by atoms with E-state index in [0.29, 0.717) is 18.1 Å². The van der Waals surface area contributed by atoms with Crippen LogP contribution < -0.4 is 11.1 Å². The summed E-state index contributed by atoms with van der Waals surface area (Å²) >= 11 is 3.59. The van der Waals surface area contributed by atoms with Crippen LogP contribution in [0.4, 0.5) is 0 Å². The van der Waals surface area contributed by atoms with Gasteiger partial charge in [-0.2, -0.15) is 0 Å². The topological polar surface area (TPSA) is 53.6 Å². The number of hydrogen-bond donors (Lipinski definition) is 2. The van der Waals surface area contributed by atoms with Crippen molar-refractivity contribution in [3.8, 4) is 0 Å². The number of hydrogen-bond acceptors (Lipinski definition) is 4. The molecule has 5 heteroatoms. The molecule has 5 rings (SSSR count). The van der Waals surface area contributed by atoms with Gasteiger partial charge in [0, 0.05) is 45.9 Å². The molecule has 130 valence electrons. The SMILES string of the molecule is C=C1NC(CN2C3CC[C@H]2CC(N)C3)=NC2=C1Cc1ccc(Br)cc12. The molecule has 3 heterocycles. The van der Waals surface area contributed by atoms with E-state index in [1.54, 1.807) is 0 Å². The molecule has 4 aliphatic rings. The quantitative estimate of drug-likeness (QED) is 0.803. The zero-order valence-electron chi connectivity index (χ0n) is 14.3. The fraction of sp³-hybridized carbons (Fsp3) is 0.450. The molecule has 3 aliphatic heterocycles. The van der Waals surface area contributed by atoms with E-state index in [2.05, 4.69) is 50.9 Å². The molecule has 2 bridgehead atoms. The highest BCUT2D eigenvalue weighted by Gasteiger charge is 2.40. The van der Waals surface area contributed by atoms with Crippen LogP contribution in [-0.4, -0.2) is 35.4 Å². The summed E-state index contributed by atoms with van der Waals surface area (Å²) < 4.78 is 1.10. The molecule has 0 saturated carbocycles. The molecule has 2 unspecified atom stereocenters. The van der Waals surface area contributed by atoms with Crippen molar-refractivity contribution in [2.24, 2.45) is 10.7 Å². The van der Waals surface area contributed by atoms with Gasteiger partial charge in [0.2, 0.25) is 0 Å². The van der Waals surface area contributed by atoms with Crippen molar-refractivity contribution in [3.05, 3.63) is 51.6 Å². The molecule has 4 nitrogen and oxygen atoms in total. The van der Waals surface area contributed by atoms with Crippen LogP contribution in [0.3, 0.4) is 0 Å². The zero-order chi connectivity index (χ0) is 17.1. The van der Waals surface area contributed by atoms with Crippen LogP contribution in [0.5, 0.6) is 0 Å². The fourth-order valence-corrected chi connectivity index (χ4v) is 5.33. The monoisotopic (exact) mass is 398 g/mol. The van der Waals surface area contributed by atoms with Crippen LogP contribution in [0, 0.1) is 0 Å². The summed E-state index contributed by atoms with van der Waals surface area (Å²) in [6.07, 6.45) is 5.71. The number of aliphatic imine (C=N–C) groups is 1.